The van der Waals surface area contributed by atoms with Gasteiger partial charge in [0.2, 0.25) is 5.91 Å². The molecule has 2 aliphatic heterocycles. The highest BCUT2D eigenvalue weighted by molar-refractivity contribution is 7.20. The maximum absolute atomic E-state index is 14.1. The van der Waals surface area contributed by atoms with E-state index in [1.165, 1.54) is 41.9 Å². The summed E-state index contributed by atoms with van der Waals surface area (Å²) >= 11 is 1.51. The molecular weight excluding hydrogens is 580 g/mol. The van der Waals surface area contributed by atoms with Gasteiger partial charge in [-0.2, -0.15) is 0 Å². The number of nitrogens with zero attached hydrogens (tertiary/aromatic N) is 2. The molecular formula is C37H50N4O3S. The molecule has 3 aromatic rings. The lowest BCUT2D eigenvalue weighted by molar-refractivity contribution is -0.128. The minimum Gasteiger partial charge on any atom is -0.381 e. The van der Waals surface area contributed by atoms with E-state index in [1.54, 1.807) is 0 Å². The first-order chi connectivity index (χ1) is 22.0. The molecule has 45 heavy (non-hydrogen) atoms. The van der Waals surface area contributed by atoms with Crippen LogP contribution >= 0.6 is 11.3 Å². The molecule has 2 amide bonds. The molecule has 1 aromatic heterocycles. The van der Waals surface area contributed by atoms with Crippen LogP contribution in [0.3, 0.4) is 0 Å². The summed E-state index contributed by atoms with van der Waals surface area (Å²) in [6.07, 6.45) is 8.42. The van der Waals surface area contributed by atoms with Crippen LogP contribution in [0.15, 0.2) is 54.6 Å². The van der Waals surface area contributed by atoms with Gasteiger partial charge in [-0.05, 0) is 93.0 Å². The van der Waals surface area contributed by atoms with Crippen LogP contribution in [-0.2, 0) is 16.0 Å². The van der Waals surface area contributed by atoms with Gasteiger partial charge in [0.25, 0.3) is 5.91 Å². The Morgan fingerprint density at radius 3 is 2.47 bits per heavy atom. The van der Waals surface area contributed by atoms with Gasteiger partial charge in [-0.1, -0.05) is 55.3 Å². The Morgan fingerprint density at radius 1 is 0.978 bits per heavy atom. The van der Waals surface area contributed by atoms with Crippen LogP contribution in [0.5, 0.6) is 0 Å². The third-order valence-corrected chi connectivity index (χ3v) is 11.2. The van der Waals surface area contributed by atoms with E-state index in [1.807, 2.05) is 12.1 Å². The second-order valence-corrected chi connectivity index (χ2v) is 14.7. The van der Waals surface area contributed by atoms with Gasteiger partial charge >= 0.3 is 0 Å². The predicted octanol–water partition coefficient (Wildman–Crippen LogP) is 5.80. The largest absolute Gasteiger partial charge is 0.381 e. The number of hydrogen-bond donors (Lipinski definition) is 2. The summed E-state index contributed by atoms with van der Waals surface area (Å²) in [6, 6.07) is 18.7. The second kappa shape index (κ2) is 15.2. The van der Waals surface area contributed by atoms with Crippen molar-refractivity contribution in [3.63, 3.8) is 0 Å². The monoisotopic (exact) mass is 630 g/mol. The quantitative estimate of drug-likeness (QED) is 0.265. The molecule has 1 atom stereocenters. The zero-order valence-electron chi connectivity index (χ0n) is 26.9. The number of carbonyl (C=O) groups excluding carboxylic acids is 2. The highest BCUT2D eigenvalue weighted by atomic mass is 32.1. The molecule has 2 N–H and O–H groups in total. The van der Waals surface area contributed by atoms with Crippen molar-refractivity contribution < 1.29 is 14.3 Å². The Balaban J connectivity index is 1.05. The van der Waals surface area contributed by atoms with E-state index in [0.717, 1.165) is 94.0 Å². The van der Waals surface area contributed by atoms with Gasteiger partial charge in [0.05, 0.1) is 4.88 Å². The van der Waals surface area contributed by atoms with Gasteiger partial charge in [0, 0.05) is 56.7 Å². The van der Waals surface area contributed by atoms with Crippen molar-refractivity contribution in [3.8, 4) is 0 Å². The van der Waals surface area contributed by atoms with Crippen LogP contribution in [0, 0.1) is 12.8 Å². The Morgan fingerprint density at radius 2 is 1.71 bits per heavy atom. The van der Waals surface area contributed by atoms with Crippen LogP contribution in [-0.4, -0.2) is 85.7 Å². The summed E-state index contributed by atoms with van der Waals surface area (Å²) in [5, 5.41) is 7.75. The summed E-state index contributed by atoms with van der Waals surface area (Å²) in [4.78, 5) is 33.5. The average Bonchev–Trinajstić information content (AvgIpc) is 3.71. The predicted molar refractivity (Wildman–Crippen MR) is 183 cm³/mol. The lowest BCUT2D eigenvalue weighted by atomic mass is 9.94. The number of benzene rings is 2. The molecule has 0 bridgehead atoms. The van der Waals surface area contributed by atoms with Crippen molar-refractivity contribution >= 4 is 33.2 Å². The molecule has 8 heteroatoms. The summed E-state index contributed by atoms with van der Waals surface area (Å²) in [5.74, 6) is 0.629. The number of fused-ring (bicyclic) bond motifs is 1. The number of nitrogens with one attached hydrogen (secondary N) is 2. The van der Waals surface area contributed by atoms with E-state index < -0.39 is 5.54 Å². The van der Waals surface area contributed by atoms with E-state index in [4.69, 9.17) is 4.74 Å². The van der Waals surface area contributed by atoms with Gasteiger partial charge in [-0.3, -0.25) is 9.59 Å². The molecule has 7 nitrogen and oxygen atoms in total. The first-order valence-corrected chi connectivity index (χ1v) is 18.0. The Hall–Kier alpha value is -2.78. The third kappa shape index (κ3) is 8.53. The molecule has 242 valence electrons. The number of piperazine rings is 1. The first kappa shape index (κ1) is 32.2. The fourth-order valence-electron chi connectivity index (χ4n) is 7.41. The molecule has 2 aromatic carbocycles. The van der Waals surface area contributed by atoms with Crippen molar-refractivity contribution in [1.29, 1.82) is 0 Å². The van der Waals surface area contributed by atoms with Crippen molar-refractivity contribution in [3.05, 3.63) is 70.6 Å². The average molecular weight is 631 g/mol. The highest BCUT2D eigenvalue weighted by Crippen LogP contribution is 2.32. The third-order valence-electron chi connectivity index (χ3n) is 10.2. The summed E-state index contributed by atoms with van der Waals surface area (Å²) in [5.41, 5.74) is 1.56. The van der Waals surface area contributed by atoms with Gasteiger partial charge in [0.1, 0.15) is 5.54 Å². The smallest absolute Gasteiger partial charge is 0.262 e. The van der Waals surface area contributed by atoms with E-state index >= 15 is 0 Å². The van der Waals surface area contributed by atoms with Crippen molar-refractivity contribution in [2.75, 3.05) is 52.5 Å². The molecule has 1 saturated carbocycles. The molecule has 6 rings (SSSR count). The van der Waals surface area contributed by atoms with E-state index in [0.29, 0.717) is 17.7 Å². The number of carbonyl (C=O) groups is 2. The van der Waals surface area contributed by atoms with Gasteiger partial charge in [0.15, 0.2) is 0 Å². The topological polar surface area (TPSA) is 73.9 Å². The summed E-state index contributed by atoms with van der Waals surface area (Å²) < 4.78 is 6.65. The maximum Gasteiger partial charge on any atom is 0.262 e. The highest BCUT2D eigenvalue weighted by Gasteiger charge is 2.43. The fraction of sp³-hybridized carbons (Fsp3) is 0.568. The SMILES string of the molecule is Cc1ccc2cc(C(=O)NC3(C(=O)N[C@H](CCCN4CCN(CC5CCOCC5)CC4)Cc4ccccc4)CCCC3)sc2c1. The van der Waals surface area contributed by atoms with E-state index in [-0.39, 0.29) is 17.9 Å². The molecule has 3 aliphatic rings. The van der Waals surface area contributed by atoms with Crippen LogP contribution in [0.2, 0.25) is 0 Å². The van der Waals surface area contributed by atoms with Crippen LogP contribution in [0.25, 0.3) is 10.1 Å². The van der Waals surface area contributed by atoms with Crippen molar-refractivity contribution in [1.82, 2.24) is 20.4 Å². The minimum absolute atomic E-state index is 0.0204. The zero-order valence-corrected chi connectivity index (χ0v) is 27.7. The van der Waals surface area contributed by atoms with Crippen LogP contribution < -0.4 is 10.6 Å². The van der Waals surface area contributed by atoms with Crippen molar-refractivity contribution in [2.45, 2.75) is 76.3 Å². The standard InChI is InChI=1S/C37H50N4O3S/c1-28-11-12-31-26-34(45-33(31)24-28)35(42)39-37(15-5-6-16-37)36(43)38-32(25-29-8-3-2-4-9-29)10-7-17-40-18-20-41(21-19-40)27-30-13-22-44-23-14-30/h2-4,8-9,11-12,24,26,30,32H,5-7,10,13-23,25,27H2,1H3,(H,38,43)(H,39,42)/t32-/m1/s1. The first-order valence-electron chi connectivity index (χ1n) is 17.2. The zero-order chi connectivity index (χ0) is 31.1. The Labute approximate surface area is 272 Å². The number of thiophene rings is 1. The van der Waals surface area contributed by atoms with Gasteiger partial charge in [-0.15, -0.1) is 11.3 Å². The number of rotatable bonds is 12. The normalized spacial score (nSPS) is 20.3. The Kier molecular flexibility index (Phi) is 10.9. The summed E-state index contributed by atoms with van der Waals surface area (Å²) in [6.45, 7) is 10.7. The minimum atomic E-state index is -0.848. The molecule has 2 saturated heterocycles. The Bertz CT molecular complexity index is 1410. The number of amides is 2. The maximum atomic E-state index is 14.1. The van der Waals surface area contributed by atoms with Gasteiger partial charge in [-0.25, -0.2) is 0 Å². The number of hydrogen-bond acceptors (Lipinski definition) is 6. The van der Waals surface area contributed by atoms with Crippen LogP contribution in [0.4, 0.5) is 0 Å². The number of aryl methyl sites for hydroxylation is 1. The van der Waals surface area contributed by atoms with E-state index in [2.05, 4.69) is 69.8 Å². The molecule has 0 radical (unpaired) electrons. The summed E-state index contributed by atoms with van der Waals surface area (Å²) in [7, 11) is 0. The number of ether oxygens (including phenoxy) is 1. The molecule has 3 heterocycles. The fourth-order valence-corrected chi connectivity index (χ4v) is 8.47. The van der Waals surface area contributed by atoms with Crippen LogP contribution in [0.1, 0.15) is 72.2 Å². The van der Waals surface area contributed by atoms with Crippen molar-refractivity contribution in [2.24, 2.45) is 5.92 Å². The van der Waals surface area contributed by atoms with E-state index in [9.17, 15) is 9.59 Å². The lowest BCUT2D eigenvalue weighted by Gasteiger charge is -2.37. The van der Waals surface area contributed by atoms with Gasteiger partial charge < -0.3 is 25.2 Å². The second-order valence-electron chi connectivity index (χ2n) is 13.6. The lowest BCUT2D eigenvalue weighted by Crippen LogP contribution is -2.59. The molecule has 0 spiro atoms. The molecule has 0 unspecified atom stereocenters. The molecule has 3 fully saturated rings. The molecule has 1 aliphatic carbocycles.